The summed E-state index contributed by atoms with van der Waals surface area (Å²) in [6.45, 7) is 1.21. The van der Waals surface area contributed by atoms with E-state index < -0.39 is 0 Å². The smallest absolute Gasteiger partial charge is 0.228 e. The minimum Gasteiger partial charge on any atom is -0.497 e. The van der Waals surface area contributed by atoms with Gasteiger partial charge >= 0.3 is 0 Å². The lowest BCUT2D eigenvalue weighted by molar-refractivity contribution is -0.137. The predicted octanol–water partition coefficient (Wildman–Crippen LogP) is 3.28. The molecule has 1 saturated heterocycles. The van der Waals surface area contributed by atoms with Crippen molar-refractivity contribution in [3.05, 3.63) is 65.4 Å². The third-order valence-corrected chi connectivity index (χ3v) is 6.54. The normalized spacial score (nSPS) is 21.2. The fourth-order valence-corrected chi connectivity index (χ4v) is 4.94. The molecule has 0 unspecified atom stereocenters. The Labute approximate surface area is 175 Å². The first-order valence-corrected chi connectivity index (χ1v) is 10.3. The topological polar surface area (TPSA) is 65.6 Å². The zero-order valence-electron chi connectivity index (χ0n) is 17.2. The van der Waals surface area contributed by atoms with Crippen LogP contribution >= 0.6 is 0 Å². The Kier molecular flexibility index (Phi) is 4.50. The highest BCUT2D eigenvalue weighted by Crippen LogP contribution is 2.39. The van der Waals surface area contributed by atoms with E-state index in [1.165, 1.54) is 5.69 Å². The van der Waals surface area contributed by atoms with E-state index in [2.05, 4.69) is 4.98 Å². The highest BCUT2D eigenvalue weighted by molar-refractivity contribution is 5.91. The summed E-state index contributed by atoms with van der Waals surface area (Å²) in [5.74, 6) is 0.535. The summed E-state index contributed by atoms with van der Waals surface area (Å²) < 4.78 is 5.39. The number of hydrogen-bond donors (Lipinski definition) is 1. The van der Waals surface area contributed by atoms with Gasteiger partial charge in [0, 0.05) is 55.1 Å². The second kappa shape index (κ2) is 7.20. The maximum atomic E-state index is 13.6. The van der Waals surface area contributed by atoms with Crippen LogP contribution in [0.5, 0.6) is 5.75 Å². The third-order valence-electron chi connectivity index (χ3n) is 6.54. The Morgan fingerprint density at radius 3 is 2.73 bits per heavy atom. The van der Waals surface area contributed by atoms with E-state index >= 15 is 0 Å². The molecular formula is C24H25N3O3. The number of H-pyrrole nitrogens is 1. The van der Waals surface area contributed by atoms with Crippen LogP contribution < -0.4 is 4.74 Å². The van der Waals surface area contributed by atoms with E-state index in [9.17, 15) is 9.59 Å². The number of rotatable bonds is 3. The highest BCUT2D eigenvalue weighted by atomic mass is 16.5. The van der Waals surface area contributed by atoms with E-state index in [0.29, 0.717) is 13.1 Å². The maximum absolute atomic E-state index is 13.6. The first kappa shape index (κ1) is 18.7. The van der Waals surface area contributed by atoms with Crippen LogP contribution in [-0.2, 0) is 22.6 Å². The number of aromatic amines is 1. The van der Waals surface area contributed by atoms with Crippen LogP contribution in [0, 0.1) is 5.92 Å². The van der Waals surface area contributed by atoms with Gasteiger partial charge in [0.05, 0.1) is 19.1 Å². The van der Waals surface area contributed by atoms with Gasteiger partial charge in [0.25, 0.3) is 0 Å². The van der Waals surface area contributed by atoms with Crippen LogP contribution in [0.25, 0.3) is 10.9 Å². The first-order valence-electron chi connectivity index (χ1n) is 10.3. The fraction of sp³-hybridized carbons (Fsp3) is 0.333. The summed E-state index contributed by atoms with van der Waals surface area (Å²) in [7, 11) is 3.46. The van der Waals surface area contributed by atoms with Crippen molar-refractivity contribution >= 4 is 22.7 Å². The molecule has 1 fully saturated rings. The Hall–Kier alpha value is -3.28. The number of likely N-dealkylation sites (tertiary alicyclic amines) is 1. The quantitative estimate of drug-likeness (QED) is 0.730. The number of methoxy groups -OCH3 is 1. The summed E-state index contributed by atoms with van der Waals surface area (Å²) in [6.07, 6.45) is 1.05. The molecule has 6 heteroatoms. The zero-order chi connectivity index (χ0) is 20.8. The maximum Gasteiger partial charge on any atom is 0.228 e. The summed E-state index contributed by atoms with van der Waals surface area (Å²) in [5, 5.41) is 1.10. The van der Waals surface area contributed by atoms with Crippen LogP contribution in [0.3, 0.4) is 0 Å². The van der Waals surface area contributed by atoms with Crippen molar-refractivity contribution < 1.29 is 14.3 Å². The second-order valence-corrected chi connectivity index (χ2v) is 8.17. The summed E-state index contributed by atoms with van der Waals surface area (Å²) in [4.78, 5) is 33.2. The number of aromatic nitrogens is 1. The Balaban J connectivity index is 1.45. The molecular weight excluding hydrogens is 378 g/mol. The molecule has 3 heterocycles. The van der Waals surface area contributed by atoms with Gasteiger partial charge in [-0.2, -0.15) is 0 Å². The molecule has 6 nitrogen and oxygen atoms in total. The Morgan fingerprint density at radius 1 is 1.17 bits per heavy atom. The summed E-state index contributed by atoms with van der Waals surface area (Å²) in [5.41, 5.74) is 4.41. The van der Waals surface area contributed by atoms with Crippen LogP contribution in [0.1, 0.15) is 29.3 Å². The van der Waals surface area contributed by atoms with Crippen molar-refractivity contribution in [2.75, 3.05) is 20.7 Å². The van der Waals surface area contributed by atoms with Crippen molar-refractivity contribution in [1.82, 2.24) is 14.8 Å². The molecule has 0 spiro atoms. The molecule has 2 aliphatic heterocycles. The third kappa shape index (κ3) is 2.95. The van der Waals surface area contributed by atoms with Gasteiger partial charge < -0.3 is 19.5 Å². The average Bonchev–Trinajstić information content (AvgIpc) is 3.29. The number of ether oxygens (including phenoxy) is 1. The molecule has 154 valence electrons. The van der Waals surface area contributed by atoms with Gasteiger partial charge in [0.2, 0.25) is 11.8 Å². The van der Waals surface area contributed by atoms with Crippen LogP contribution in [0.4, 0.5) is 0 Å². The van der Waals surface area contributed by atoms with Gasteiger partial charge in [-0.05, 0) is 23.8 Å². The number of carbonyl (C=O) groups is 2. The van der Waals surface area contributed by atoms with Crippen molar-refractivity contribution in [2.45, 2.75) is 25.4 Å². The summed E-state index contributed by atoms with van der Waals surface area (Å²) in [6, 6.07) is 15.6. The molecule has 2 atom stereocenters. The predicted molar refractivity (Wildman–Crippen MR) is 114 cm³/mol. The van der Waals surface area contributed by atoms with Crippen LogP contribution in [0.2, 0.25) is 0 Å². The van der Waals surface area contributed by atoms with E-state index in [1.807, 2.05) is 53.4 Å². The first-order chi connectivity index (χ1) is 14.6. The second-order valence-electron chi connectivity index (χ2n) is 8.17. The van der Waals surface area contributed by atoms with Gasteiger partial charge in [-0.1, -0.05) is 30.3 Å². The lowest BCUT2D eigenvalue weighted by Gasteiger charge is -2.32. The molecule has 0 aliphatic carbocycles. The minimum absolute atomic E-state index is 0.0248. The molecule has 30 heavy (non-hydrogen) atoms. The number of hydrogen-bond acceptors (Lipinski definition) is 3. The van der Waals surface area contributed by atoms with Gasteiger partial charge in [-0.3, -0.25) is 9.59 Å². The van der Waals surface area contributed by atoms with Crippen LogP contribution in [0.15, 0.2) is 48.5 Å². The van der Waals surface area contributed by atoms with Crippen molar-refractivity contribution in [1.29, 1.82) is 0 Å². The van der Waals surface area contributed by atoms with E-state index in [-0.39, 0.29) is 30.2 Å². The van der Waals surface area contributed by atoms with Gasteiger partial charge in [0.15, 0.2) is 0 Å². The molecule has 2 aliphatic rings. The summed E-state index contributed by atoms with van der Waals surface area (Å²) >= 11 is 0. The number of nitrogens with zero attached hydrogens (tertiary/aromatic N) is 2. The van der Waals surface area contributed by atoms with E-state index in [4.69, 9.17) is 4.74 Å². The lowest BCUT2D eigenvalue weighted by atomic mass is 9.91. The van der Waals surface area contributed by atoms with Gasteiger partial charge in [-0.15, -0.1) is 0 Å². The Bertz CT molecular complexity index is 1120. The van der Waals surface area contributed by atoms with Crippen molar-refractivity contribution in [3.63, 3.8) is 0 Å². The van der Waals surface area contributed by atoms with Crippen LogP contribution in [-0.4, -0.2) is 47.3 Å². The number of amides is 2. The molecule has 5 rings (SSSR count). The molecule has 0 saturated carbocycles. The molecule has 3 aromatic rings. The van der Waals surface area contributed by atoms with Gasteiger partial charge in [-0.25, -0.2) is 0 Å². The minimum atomic E-state index is -0.355. The molecule has 2 aromatic carbocycles. The molecule has 2 amide bonds. The van der Waals surface area contributed by atoms with Gasteiger partial charge in [0.1, 0.15) is 5.75 Å². The standard InChI is InChI=1S/C24H25N3O3/c1-26-22(28)13-18(23(26)15-6-4-3-5-7-15)24(29)27-11-10-21-19(14-27)17-12-16(30-2)8-9-20(17)25-21/h3-9,12,18,23,25H,10-11,13-14H2,1-2H3/t18-,23+/m1/s1. The van der Waals surface area contributed by atoms with Crippen molar-refractivity contribution in [2.24, 2.45) is 5.92 Å². The monoisotopic (exact) mass is 403 g/mol. The average molecular weight is 403 g/mol. The Morgan fingerprint density at radius 2 is 1.97 bits per heavy atom. The van der Waals surface area contributed by atoms with Crippen molar-refractivity contribution in [3.8, 4) is 5.75 Å². The van der Waals surface area contributed by atoms with E-state index in [0.717, 1.165) is 34.2 Å². The molecule has 1 N–H and O–H groups in total. The molecule has 0 radical (unpaired) electrons. The van der Waals surface area contributed by atoms with E-state index in [1.54, 1.807) is 19.1 Å². The lowest BCUT2D eigenvalue weighted by Crippen LogP contribution is -2.41. The molecule has 0 bridgehead atoms. The highest BCUT2D eigenvalue weighted by Gasteiger charge is 2.44. The SMILES string of the molecule is COc1ccc2[nH]c3c(c2c1)CN(C(=O)[C@@H]1CC(=O)N(C)[C@H]1c1ccccc1)CC3. The zero-order valence-corrected chi connectivity index (χ0v) is 17.2. The number of carbonyl (C=O) groups excluding carboxylic acids is 2. The number of fused-ring (bicyclic) bond motifs is 3. The molecule has 1 aromatic heterocycles. The number of benzene rings is 2. The number of nitrogens with one attached hydrogen (secondary N) is 1. The largest absolute Gasteiger partial charge is 0.497 e. The fourth-order valence-electron chi connectivity index (χ4n) is 4.94.